The molecule has 0 aliphatic carbocycles. The Morgan fingerprint density at radius 1 is 1.38 bits per heavy atom. The van der Waals surface area contributed by atoms with Crippen molar-refractivity contribution in [1.82, 2.24) is 0 Å². The third kappa shape index (κ3) is 1.61. The van der Waals surface area contributed by atoms with E-state index in [0.29, 0.717) is 6.73 Å². The fourth-order valence-electron chi connectivity index (χ4n) is 1.33. The molecule has 0 N–H and O–H groups in total. The summed E-state index contributed by atoms with van der Waals surface area (Å²) in [6.07, 6.45) is 5.73. The van der Waals surface area contributed by atoms with E-state index in [4.69, 9.17) is 4.74 Å². The van der Waals surface area contributed by atoms with Crippen molar-refractivity contribution in [2.24, 2.45) is 4.99 Å². The lowest BCUT2D eigenvalue weighted by Gasteiger charge is -2.07. The van der Waals surface area contributed by atoms with Crippen LogP contribution in [0.15, 0.2) is 29.3 Å². The minimum atomic E-state index is 0.397. The average molecular weight is 173 g/mol. The lowest BCUT2D eigenvalue weighted by molar-refractivity contribution is 0.330. The number of aliphatic imine (C=N–C) groups is 1. The molecular formula is C11H11NO. The van der Waals surface area contributed by atoms with E-state index in [-0.39, 0.29) is 0 Å². The summed E-state index contributed by atoms with van der Waals surface area (Å²) in [7, 11) is 0. The number of rotatable bonds is 0. The second-order valence-corrected chi connectivity index (χ2v) is 2.93. The number of allylic oxidation sites excluding steroid dienone is 1. The van der Waals surface area contributed by atoms with Crippen LogP contribution in [-0.4, -0.2) is 12.9 Å². The van der Waals surface area contributed by atoms with Crippen molar-refractivity contribution in [3.05, 3.63) is 35.4 Å². The van der Waals surface area contributed by atoms with Crippen molar-refractivity contribution in [2.75, 3.05) is 6.73 Å². The van der Waals surface area contributed by atoms with Crippen LogP contribution in [0.2, 0.25) is 0 Å². The number of benzene rings is 1. The molecule has 0 atom stereocenters. The predicted octanol–water partition coefficient (Wildman–Crippen LogP) is 2.43. The topological polar surface area (TPSA) is 21.6 Å². The van der Waals surface area contributed by atoms with E-state index in [1.165, 1.54) is 11.1 Å². The molecule has 1 aromatic rings. The summed E-state index contributed by atoms with van der Waals surface area (Å²) in [5, 5.41) is 0. The van der Waals surface area contributed by atoms with E-state index < -0.39 is 0 Å². The molecule has 1 heterocycles. The first-order chi connectivity index (χ1) is 6.38. The van der Waals surface area contributed by atoms with Crippen molar-refractivity contribution in [2.45, 2.75) is 6.92 Å². The Hall–Kier alpha value is -1.57. The molecule has 0 saturated heterocycles. The smallest absolute Gasteiger partial charge is 0.179 e. The van der Waals surface area contributed by atoms with Gasteiger partial charge in [-0.1, -0.05) is 18.2 Å². The van der Waals surface area contributed by atoms with Gasteiger partial charge in [0.1, 0.15) is 5.75 Å². The Balaban J connectivity index is 2.51. The van der Waals surface area contributed by atoms with Gasteiger partial charge < -0.3 is 4.74 Å². The normalized spacial score (nSPS) is 14.2. The second-order valence-electron chi connectivity index (χ2n) is 2.93. The Labute approximate surface area is 77.6 Å². The largest absolute Gasteiger partial charge is 0.471 e. The molecule has 0 fully saturated rings. The predicted molar refractivity (Wildman–Crippen MR) is 54.2 cm³/mol. The van der Waals surface area contributed by atoms with Crippen molar-refractivity contribution in [3.63, 3.8) is 0 Å². The van der Waals surface area contributed by atoms with Crippen LogP contribution in [0.3, 0.4) is 0 Å². The van der Waals surface area contributed by atoms with Gasteiger partial charge in [-0.25, -0.2) is 0 Å². The lowest BCUT2D eigenvalue weighted by Crippen LogP contribution is -1.95. The quantitative estimate of drug-likeness (QED) is 0.590. The molecule has 0 radical (unpaired) electrons. The summed E-state index contributed by atoms with van der Waals surface area (Å²) < 4.78 is 5.46. The fraction of sp³-hybridized carbons (Fsp3) is 0.182. The maximum atomic E-state index is 5.46. The van der Waals surface area contributed by atoms with Gasteiger partial charge in [-0.05, 0) is 30.2 Å². The number of ether oxygens (including phenoxy) is 1. The van der Waals surface area contributed by atoms with Gasteiger partial charge in [-0.3, -0.25) is 4.99 Å². The van der Waals surface area contributed by atoms with E-state index in [1.807, 2.05) is 24.3 Å². The number of hydrogen-bond donors (Lipinski definition) is 0. The molecule has 2 rings (SSSR count). The highest BCUT2D eigenvalue weighted by Gasteiger charge is 2.02. The van der Waals surface area contributed by atoms with Crippen molar-refractivity contribution < 1.29 is 4.74 Å². The highest BCUT2D eigenvalue weighted by atomic mass is 16.5. The molecule has 0 amide bonds. The number of hydrogen-bond acceptors (Lipinski definition) is 2. The zero-order valence-corrected chi connectivity index (χ0v) is 7.53. The summed E-state index contributed by atoms with van der Waals surface area (Å²) in [5.74, 6) is 0.918. The SMILES string of the molecule is Cc1c2cccc1OCN=CC=C2. The van der Waals surface area contributed by atoms with Crippen molar-refractivity contribution in [1.29, 1.82) is 0 Å². The maximum Gasteiger partial charge on any atom is 0.179 e. The van der Waals surface area contributed by atoms with Gasteiger partial charge in [-0.15, -0.1) is 0 Å². The third-order valence-corrected chi connectivity index (χ3v) is 2.09. The zero-order valence-electron chi connectivity index (χ0n) is 7.53. The van der Waals surface area contributed by atoms with E-state index in [9.17, 15) is 0 Å². The molecule has 0 saturated carbocycles. The van der Waals surface area contributed by atoms with Gasteiger partial charge in [0.15, 0.2) is 6.73 Å². The standard InChI is InChI=1S/C11H11NO/c1-9-10-4-2-6-11(9)13-8-12-7-3-5-10/h2-7H,8H2,1H3. The molecule has 66 valence electrons. The van der Waals surface area contributed by atoms with Crippen LogP contribution in [0.5, 0.6) is 5.75 Å². The first-order valence-corrected chi connectivity index (χ1v) is 4.27. The highest BCUT2D eigenvalue weighted by Crippen LogP contribution is 2.22. The van der Waals surface area contributed by atoms with E-state index in [2.05, 4.69) is 18.0 Å². The van der Waals surface area contributed by atoms with Gasteiger partial charge in [0.2, 0.25) is 0 Å². The number of fused-ring (bicyclic) bond motifs is 2. The van der Waals surface area contributed by atoms with Gasteiger partial charge in [0.05, 0.1) is 0 Å². The molecule has 0 unspecified atom stereocenters. The zero-order chi connectivity index (χ0) is 9.10. The molecule has 2 bridgehead atoms. The molecule has 1 aliphatic rings. The van der Waals surface area contributed by atoms with Crippen LogP contribution in [0.1, 0.15) is 11.1 Å². The van der Waals surface area contributed by atoms with Gasteiger partial charge in [-0.2, -0.15) is 0 Å². The van der Waals surface area contributed by atoms with Crippen LogP contribution >= 0.6 is 0 Å². The molecule has 2 heteroatoms. The lowest BCUT2D eigenvalue weighted by atomic mass is 10.1. The molecule has 0 aromatic heterocycles. The maximum absolute atomic E-state index is 5.46. The van der Waals surface area contributed by atoms with E-state index in [1.54, 1.807) is 6.21 Å². The molecule has 0 spiro atoms. The van der Waals surface area contributed by atoms with Crippen LogP contribution in [0, 0.1) is 6.92 Å². The molecule has 2 nitrogen and oxygen atoms in total. The van der Waals surface area contributed by atoms with Gasteiger partial charge >= 0.3 is 0 Å². The minimum absolute atomic E-state index is 0.397. The Kier molecular flexibility index (Phi) is 2.13. The second kappa shape index (κ2) is 3.44. The fourth-order valence-corrected chi connectivity index (χ4v) is 1.33. The molecular weight excluding hydrogens is 162 g/mol. The molecule has 1 aromatic carbocycles. The van der Waals surface area contributed by atoms with Crippen LogP contribution < -0.4 is 4.74 Å². The summed E-state index contributed by atoms with van der Waals surface area (Å²) in [5.41, 5.74) is 2.36. The Bertz CT molecular complexity index is 366. The van der Waals surface area contributed by atoms with Gasteiger partial charge in [0.25, 0.3) is 0 Å². The summed E-state index contributed by atoms with van der Waals surface area (Å²) >= 11 is 0. The minimum Gasteiger partial charge on any atom is -0.471 e. The summed E-state index contributed by atoms with van der Waals surface area (Å²) in [6.45, 7) is 2.45. The summed E-state index contributed by atoms with van der Waals surface area (Å²) in [4.78, 5) is 4.06. The van der Waals surface area contributed by atoms with Crippen LogP contribution in [0.25, 0.3) is 6.08 Å². The third-order valence-electron chi connectivity index (χ3n) is 2.09. The van der Waals surface area contributed by atoms with Crippen LogP contribution in [-0.2, 0) is 0 Å². The molecule has 13 heavy (non-hydrogen) atoms. The van der Waals surface area contributed by atoms with Crippen molar-refractivity contribution in [3.8, 4) is 5.75 Å². The van der Waals surface area contributed by atoms with Gasteiger partial charge in [0, 0.05) is 6.21 Å². The van der Waals surface area contributed by atoms with E-state index >= 15 is 0 Å². The monoisotopic (exact) mass is 173 g/mol. The summed E-state index contributed by atoms with van der Waals surface area (Å²) in [6, 6.07) is 6.03. The Morgan fingerprint density at radius 3 is 3.23 bits per heavy atom. The van der Waals surface area contributed by atoms with Crippen LogP contribution in [0.4, 0.5) is 0 Å². The number of nitrogens with zero attached hydrogens (tertiary/aromatic N) is 1. The first-order valence-electron chi connectivity index (χ1n) is 4.27. The average Bonchev–Trinajstić information content (AvgIpc) is 2.21. The first kappa shape index (κ1) is 8.05. The Morgan fingerprint density at radius 2 is 2.31 bits per heavy atom. The van der Waals surface area contributed by atoms with Crippen molar-refractivity contribution >= 4 is 12.3 Å². The molecule has 1 aliphatic heterocycles. The highest BCUT2D eigenvalue weighted by molar-refractivity contribution is 5.79. The van der Waals surface area contributed by atoms with E-state index in [0.717, 1.165) is 5.75 Å².